The molecule has 0 unspecified atom stereocenters. The number of ether oxygens (including phenoxy) is 1. The Labute approximate surface area is 174 Å². The molecule has 0 aliphatic heterocycles. The number of H-pyrrole nitrogens is 1. The first-order valence-electron chi connectivity index (χ1n) is 9.52. The maximum absolute atomic E-state index is 12.5. The topological polar surface area (TPSA) is 136 Å². The van der Waals surface area contributed by atoms with Gasteiger partial charge >= 0.3 is 5.97 Å². The molecule has 0 amide bonds. The number of para-hydroxylation sites is 1. The SMILES string of the molecule is CCc1ccccc1Nc1nc(N)nc(COC(=O)c2[nH]c(C)c(C(C)=O)c2C)n1. The van der Waals surface area contributed by atoms with Gasteiger partial charge in [-0.15, -0.1) is 0 Å². The van der Waals surface area contributed by atoms with Crippen LogP contribution < -0.4 is 11.1 Å². The minimum atomic E-state index is -0.604. The molecule has 0 spiro atoms. The van der Waals surface area contributed by atoms with E-state index in [0.717, 1.165) is 17.7 Å². The molecular weight excluding hydrogens is 384 g/mol. The van der Waals surface area contributed by atoms with Gasteiger partial charge in [-0.1, -0.05) is 25.1 Å². The summed E-state index contributed by atoms with van der Waals surface area (Å²) in [4.78, 5) is 39.6. The number of hydrogen-bond donors (Lipinski definition) is 3. The third-order valence-electron chi connectivity index (χ3n) is 4.67. The van der Waals surface area contributed by atoms with Gasteiger partial charge in [0.15, 0.2) is 18.2 Å². The fourth-order valence-electron chi connectivity index (χ4n) is 3.31. The molecule has 0 atom stereocenters. The lowest BCUT2D eigenvalue weighted by molar-refractivity contribution is 0.0455. The van der Waals surface area contributed by atoms with Gasteiger partial charge in [0.05, 0.1) is 0 Å². The second-order valence-corrected chi connectivity index (χ2v) is 6.83. The van der Waals surface area contributed by atoms with Gasteiger partial charge in [0, 0.05) is 16.9 Å². The summed E-state index contributed by atoms with van der Waals surface area (Å²) in [5.74, 6) is -0.236. The Kier molecular flexibility index (Phi) is 6.10. The highest BCUT2D eigenvalue weighted by Gasteiger charge is 2.21. The Bertz CT molecular complexity index is 1110. The third kappa shape index (κ3) is 4.45. The van der Waals surface area contributed by atoms with Crippen LogP contribution >= 0.6 is 0 Å². The van der Waals surface area contributed by atoms with E-state index in [9.17, 15) is 9.59 Å². The zero-order valence-electron chi connectivity index (χ0n) is 17.4. The second kappa shape index (κ2) is 8.73. The predicted octanol–water partition coefficient (Wildman–Crippen LogP) is 3.26. The van der Waals surface area contributed by atoms with E-state index >= 15 is 0 Å². The first-order valence-corrected chi connectivity index (χ1v) is 9.52. The van der Waals surface area contributed by atoms with Crippen molar-refractivity contribution in [2.45, 2.75) is 40.7 Å². The number of anilines is 3. The molecule has 2 aromatic heterocycles. The van der Waals surface area contributed by atoms with Gasteiger partial charge in [0.1, 0.15) is 5.69 Å². The number of ketones is 1. The molecule has 156 valence electrons. The van der Waals surface area contributed by atoms with Crippen LogP contribution in [0.4, 0.5) is 17.6 Å². The Morgan fingerprint density at radius 2 is 1.90 bits per heavy atom. The lowest BCUT2D eigenvalue weighted by Crippen LogP contribution is -2.12. The molecule has 4 N–H and O–H groups in total. The van der Waals surface area contributed by atoms with Crippen molar-refractivity contribution in [1.29, 1.82) is 0 Å². The fourth-order valence-corrected chi connectivity index (χ4v) is 3.31. The minimum absolute atomic E-state index is 0.0123. The minimum Gasteiger partial charge on any atom is -0.453 e. The number of aromatic nitrogens is 4. The van der Waals surface area contributed by atoms with E-state index in [4.69, 9.17) is 10.5 Å². The molecule has 9 nitrogen and oxygen atoms in total. The molecule has 3 rings (SSSR count). The molecular formula is C21H24N6O3. The number of nitrogen functional groups attached to an aromatic ring is 1. The van der Waals surface area contributed by atoms with Crippen molar-refractivity contribution in [3.63, 3.8) is 0 Å². The quantitative estimate of drug-likeness (QED) is 0.400. The number of aryl methyl sites for hydroxylation is 2. The van der Waals surface area contributed by atoms with E-state index in [2.05, 4.69) is 32.2 Å². The molecule has 30 heavy (non-hydrogen) atoms. The normalized spacial score (nSPS) is 10.7. The maximum atomic E-state index is 12.5. The average Bonchev–Trinajstić information content (AvgIpc) is 3.00. The van der Waals surface area contributed by atoms with Crippen LogP contribution in [0, 0.1) is 13.8 Å². The van der Waals surface area contributed by atoms with Crippen LogP contribution in [0.2, 0.25) is 0 Å². The second-order valence-electron chi connectivity index (χ2n) is 6.83. The van der Waals surface area contributed by atoms with Gasteiger partial charge in [-0.3, -0.25) is 4.79 Å². The van der Waals surface area contributed by atoms with Gasteiger partial charge in [0.25, 0.3) is 0 Å². The smallest absolute Gasteiger partial charge is 0.355 e. The van der Waals surface area contributed by atoms with E-state index in [-0.39, 0.29) is 35.8 Å². The van der Waals surface area contributed by atoms with Gasteiger partial charge in [-0.25, -0.2) is 4.79 Å². The molecule has 2 heterocycles. The molecule has 9 heteroatoms. The lowest BCUT2D eigenvalue weighted by Gasteiger charge is -2.11. The number of carbonyl (C=O) groups excluding carboxylic acids is 2. The van der Waals surface area contributed by atoms with E-state index < -0.39 is 5.97 Å². The van der Waals surface area contributed by atoms with E-state index in [1.54, 1.807) is 13.8 Å². The first kappa shape index (κ1) is 21.0. The molecule has 0 bridgehead atoms. The van der Waals surface area contributed by atoms with Crippen molar-refractivity contribution < 1.29 is 14.3 Å². The van der Waals surface area contributed by atoms with Crippen LogP contribution in [0.25, 0.3) is 0 Å². The number of aromatic amines is 1. The molecule has 0 saturated carbocycles. The standard InChI is InChI=1S/C21H24N6O3/c1-5-14-8-6-7-9-15(14)24-21-26-16(25-20(22)27-21)10-30-19(29)18-11(2)17(13(4)28)12(3)23-18/h6-9,23H,5,10H2,1-4H3,(H3,22,24,25,26,27). The van der Waals surface area contributed by atoms with Crippen LogP contribution in [0.5, 0.6) is 0 Å². The van der Waals surface area contributed by atoms with E-state index in [1.807, 2.05) is 24.3 Å². The van der Waals surface area contributed by atoms with Crippen molar-refractivity contribution >= 4 is 29.3 Å². The zero-order chi connectivity index (χ0) is 21.8. The fraction of sp³-hybridized carbons (Fsp3) is 0.286. The molecule has 0 aliphatic carbocycles. The van der Waals surface area contributed by atoms with Crippen molar-refractivity contribution in [2.24, 2.45) is 0 Å². The Hall–Kier alpha value is -3.75. The molecule has 0 aliphatic rings. The highest BCUT2D eigenvalue weighted by atomic mass is 16.5. The third-order valence-corrected chi connectivity index (χ3v) is 4.67. The van der Waals surface area contributed by atoms with Gasteiger partial charge in [-0.05, 0) is 44.4 Å². The summed E-state index contributed by atoms with van der Waals surface area (Å²) >= 11 is 0. The molecule has 0 saturated heterocycles. The average molecular weight is 408 g/mol. The monoisotopic (exact) mass is 408 g/mol. The van der Waals surface area contributed by atoms with Gasteiger partial charge in [-0.2, -0.15) is 15.0 Å². The number of rotatable bonds is 7. The Balaban J connectivity index is 1.76. The number of nitrogens with zero attached hydrogens (tertiary/aromatic N) is 3. The molecule has 3 aromatic rings. The molecule has 1 aromatic carbocycles. The number of nitrogens with two attached hydrogens (primary N) is 1. The first-order chi connectivity index (χ1) is 14.3. The summed E-state index contributed by atoms with van der Waals surface area (Å²) in [6.07, 6.45) is 0.839. The summed E-state index contributed by atoms with van der Waals surface area (Å²) in [5.41, 5.74) is 9.66. The summed E-state index contributed by atoms with van der Waals surface area (Å²) in [7, 11) is 0. The van der Waals surface area contributed by atoms with Crippen LogP contribution in [-0.2, 0) is 17.8 Å². The van der Waals surface area contributed by atoms with Crippen molar-refractivity contribution in [1.82, 2.24) is 19.9 Å². The van der Waals surface area contributed by atoms with Crippen molar-refractivity contribution in [3.8, 4) is 0 Å². The van der Waals surface area contributed by atoms with Crippen LogP contribution in [0.1, 0.15) is 57.3 Å². The number of benzene rings is 1. The largest absolute Gasteiger partial charge is 0.453 e. The van der Waals surface area contributed by atoms with Crippen LogP contribution in [-0.4, -0.2) is 31.7 Å². The summed E-state index contributed by atoms with van der Waals surface area (Å²) in [5, 5.41) is 3.13. The summed E-state index contributed by atoms with van der Waals surface area (Å²) < 4.78 is 5.33. The number of carbonyl (C=O) groups is 2. The number of esters is 1. The number of hydrogen-bond acceptors (Lipinski definition) is 8. The van der Waals surface area contributed by atoms with E-state index in [1.165, 1.54) is 6.92 Å². The Morgan fingerprint density at radius 3 is 2.57 bits per heavy atom. The summed E-state index contributed by atoms with van der Waals surface area (Å²) in [6, 6.07) is 7.79. The lowest BCUT2D eigenvalue weighted by atomic mass is 10.1. The molecule has 0 radical (unpaired) electrons. The van der Waals surface area contributed by atoms with E-state index in [0.29, 0.717) is 16.8 Å². The number of nitrogens with one attached hydrogen (secondary N) is 2. The van der Waals surface area contributed by atoms with Crippen molar-refractivity contribution in [3.05, 3.63) is 58.2 Å². The zero-order valence-corrected chi connectivity index (χ0v) is 17.4. The highest BCUT2D eigenvalue weighted by Crippen LogP contribution is 2.21. The van der Waals surface area contributed by atoms with Gasteiger partial charge < -0.3 is 20.8 Å². The highest BCUT2D eigenvalue weighted by molar-refractivity contribution is 6.01. The summed E-state index contributed by atoms with van der Waals surface area (Å²) in [6.45, 7) is 6.75. The maximum Gasteiger partial charge on any atom is 0.355 e. The predicted molar refractivity (Wildman–Crippen MR) is 113 cm³/mol. The van der Waals surface area contributed by atoms with Crippen LogP contribution in [0.15, 0.2) is 24.3 Å². The molecule has 0 fully saturated rings. The van der Waals surface area contributed by atoms with Gasteiger partial charge in [0.2, 0.25) is 11.9 Å². The number of Topliss-reactive ketones (excluding diaryl/α,β-unsaturated/α-hetero) is 1. The van der Waals surface area contributed by atoms with Crippen LogP contribution in [0.3, 0.4) is 0 Å². The van der Waals surface area contributed by atoms with Crippen molar-refractivity contribution in [2.75, 3.05) is 11.1 Å². The Morgan fingerprint density at radius 1 is 1.17 bits per heavy atom.